The van der Waals surface area contributed by atoms with Crippen molar-refractivity contribution >= 4 is 6.03 Å². The first-order valence-electron chi connectivity index (χ1n) is 9.07. The minimum Gasteiger partial charge on any atom is -0.392 e. The molecule has 3 rings (SSSR count). The predicted molar refractivity (Wildman–Crippen MR) is 94.6 cm³/mol. The maximum atomic E-state index is 12.5. The van der Waals surface area contributed by atoms with E-state index >= 15 is 0 Å². The van der Waals surface area contributed by atoms with Crippen molar-refractivity contribution < 1.29 is 9.90 Å². The van der Waals surface area contributed by atoms with Crippen molar-refractivity contribution in [1.29, 1.82) is 0 Å². The zero-order valence-corrected chi connectivity index (χ0v) is 14.6. The largest absolute Gasteiger partial charge is 0.392 e. The number of piperazine rings is 1. The molecular weight excluding hydrogens is 302 g/mol. The van der Waals surface area contributed by atoms with Gasteiger partial charge in [-0.2, -0.15) is 0 Å². The minimum atomic E-state index is -0.00567. The predicted octanol–water partition coefficient (Wildman–Crippen LogP) is 2.34. The summed E-state index contributed by atoms with van der Waals surface area (Å²) in [6.07, 6.45) is 4.62. The maximum absolute atomic E-state index is 12.5. The zero-order valence-electron chi connectivity index (χ0n) is 14.6. The van der Waals surface area contributed by atoms with E-state index in [-0.39, 0.29) is 18.2 Å². The number of hydrogen-bond donors (Lipinski definition) is 2. The van der Waals surface area contributed by atoms with Gasteiger partial charge < -0.3 is 15.3 Å². The van der Waals surface area contributed by atoms with Crippen LogP contribution in [0.5, 0.6) is 0 Å². The van der Waals surface area contributed by atoms with Crippen LogP contribution in [0, 0.1) is 0 Å². The van der Waals surface area contributed by atoms with Crippen LogP contribution in [0.2, 0.25) is 0 Å². The summed E-state index contributed by atoms with van der Waals surface area (Å²) in [5.41, 5.74) is 2.16. The molecule has 0 unspecified atom stereocenters. The molecule has 5 heteroatoms. The van der Waals surface area contributed by atoms with E-state index in [0.29, 0.717) is 0 Å². The molecule has 2 fully saturated rings. The lowest BCUT2D eigenvalue weighted by Crippen LogP contribution is -2.55. The number of urea groups is 1. The molecule has 1 aliphatic heterocycles. The first-order chi connectivity index (χ1) is 11.6. The molecule has 2 aliphatic rings. The Hall–Kier alpha value is -1.59. The van der Waals surface area contributed by atoms with E-state index in [9.17, 15) is 9.90 Å². The zero-order chi connectivity index (χ0) is 17.0. The number of nitrogens with zero attached hydrogens (tertiary/aromatic N) is 2. The lowest BCUT2D eigenvalue weighted by molar-refractivity contribution is 0.129. The number of benzene rings is 1. The lowest BCUT2D eigenvalue weighted by Gasteiger charge is -2.37. The number of aliphatic hydroxyl groups is 1. The molecule has 24 heavy (non-hydrogen) atoms. The summed E-state index contributed by atoms with van der Waals surface area (Å²) in [5, 5.41) is 12.7. The van der Waals surface area contributed by atoms with Crippen LogP contribution in [0.3, 0.4) is 0 Å². The van der Waals surface area contributed by atoms with Gasteiger partial charge in [-0.05, 0) is 30.9 Å². The van der Waals surface area contributed by atoms with Crippen LogP contribution in [0.15, 0.2) is 24.3 Å². The van der Waals surface area contributed by atoms with Crippen LogP contribution in [-0.2, 0) is 13.2 Å². The molecule has 1 saturated carbocycles. The molecule has 1 heterocycles. The molecule has 0 radical (unpaired) electrons. The quantitative estimate of drug-likeness (QED) is 0.890. The number of hydrogen-bond acceptors (Lipinski definition) is 3. The Kier molecular flexibility index (Phi) is 5.41. The molecule has 2 N–H and O–H groups in total. The first-order valence-corrected chi connectivity index (χ1v) is 9.07. The van der Waals surface area contributed by atoms with Crippen molar-refractivity contribution in [2.45, 2.75) is 51.3 Å². The second-order valence-electron chi connectivity index (χ2n) is 7.39. The van der Waals surface area contributed by atoms with Crippen LogP contribution >= 0.6 is 0 Å². The summed E-state index contributed by atoms with van der Waals surface area (Å²) >= 11 is 0. The molecule has 0 atom stereocenters. The van der Waals surface area contributed by atoms with Gasteiger partial charge in [-0.3, -0.25) is 4.90 Å². The second kappa shape index (κ2) is 7.53. The number of amides is 2. The second-order valence-corrected chi connectivity index (χ2v) is 7.39. The van der Waals surface area contributed by atoms with E-state index in [1.54, 1.807) is 0 Å². The highest BCUT2D eigenvalue weighted by molar-refractivity contribution is 5.75. The molecular formula is C19H29N3O2. The first kappa shape index (κ1) is 17.2. The van der Waals surface area contributed by atoms with E-state index in [1.807, 2.05) is 23.1 Å². The van der Waals surface area contributed by atoms with Gasteiger partial charge in [0.05, 0.1) is 6.61 Å². The van der Waals surface area contributed by atoms with Crippen molar-refractivity contribution in [3.63, 3.8) is 0 Å². The van der Waals surface area contributed by atoms with E-state index in [4.69, 9.17) is 0 Å². The summed E-state index contributed by atoms with van der Waals surface area (Å²) in [7, 11) is 0. The average molecular weight is 331 g/mol. The van der Waals surface area contributed by atoms with Gasteiger partial charge in [0.1, 0.15) is 0 Å². The molecule has 5 nitrogen and oxygen atoms in total. The number of carbonyl (C=O) groups is 1. The van der Waals surface area contributed by atoms with Gasteiger partial charge in [-0.1, -0.05) is 37.1 Å². The minimum absolute atomic E-state index is 0.00567. The Bertz CT molecular complexity index is 561. The third kappa shape index (κ3) is 4.08. The number of rotatable bonds is 4. The van der Waals surface area contributed by atoms with Crippen LogP contribution in [-0.4, -0.2) is 52.7 Å². The highest BCUT2D eigenvalue weighted by Crippen LogP contribution is 2.29. The molecule has 2 amide bonds. The van der Waals surface area contributed by atoms with Crippen molar-refractivity contribution in [3.8, 4) is 0 Å². The Labute approximate surface area is 144 Å². The van der Waals surface area contributed by atoms with Crippen molar-refractivity contribution in [2.24, 2.45) is 0 Å². The summed E-state index contributed by atoms with van der Waals surface area (Å²) in [6.45, 7) is 6.38. The SMILES string of the molecule is CC1(NC(=O)N2CCN(Cc3ccccc3CO)CC2)CCCC1. The van der Waals surface area contributed by atoms with Crippen LogP contribution in [0.25, 0.3) is 0 Å². The Morgan fingerprint density at radius 2 is 1.75 bits per heavy atom. The van der Waals surface area contributed by atoms with Crippen LogP contribution < -0.4 is 5.32 Å². The highest BCUT2D eigenvalue weighted by Gasteiger charge is 2.32. The van der Waals surface area contributed by atoms with Gasteiger partial charge in [0, 0.05) is 38.3 Å². The van der Waals surface area contributed by atoms with Crippen LogP contribution in [0.1, 0.15) is 43.7 Å². The van der Waals surface area contributed by atoms with Gasteiger partial charge in [-0.25, -0.2) is 4.79 Å². The summed E-state index contributed by atoms with van der Waals surface area (Å²) < 4.78 is 0. The van der Waals surface area contributed by atoms with Gasteiger partial charge >= 0.3 is 6.03 Å². The van der Waals surface area contributed by atoms with Gasteiger partial charge in [0.15, 0.2) is 0 Å². The molecule has 0 bridgehead atoms. The fraction of sp³-hybridized carbons (Fsp3) is 0.632. The molecule has 1 aromatic carbocycles. The standard InChI is InChI=1S/C19H29N3O2/c1-19(8-4-5-9-19)20-18(24)22-12-10-21(11-13-22)14-16-6-2-3-7-17(16)15-23/h2-3,6-7,23H,4-5,8-15H2,1H3,(H,20,24). The van der Waals surface area contributed by atoms with Gasteiger partial charge in [0.2, 0.25) is 0 Å². The molecule has 0 aromatic heterocycles. The van der Waals surface area contributed by atoms with Crippen molar-refractivity contribution in [3.05, 3.63) is 35.4 Å². The fourth-order valence-corrected chi connectivity index (χ4v) is 3.83. The lowest BCUT2D eigenvalue weighted by atomic mass is 10.0. The molecule has 0 spiro atoms. The maximum Gasteiger partial charge on any atom is 0.317 e. The molecule has 1 aliphatic carbocycles. The molecule has 132 valence electrons. The molecule has 1 saturated heterocycles. The third-order valence-electron chi connectivity index (χ3n) is 5.46. The Morgan fingerprint density at radius 1 is 1.12 bits per heavy atom. The third-order valence-corrected chi connectivity index (χ3v) is 5.46. The van der Waals surface area contributed by atoms with E-state index in [2.05, 4.69) is 23.2 Å². The Morgan fingerprint density at radius 3 is 2.38 bits per heavy atom. The topological polar surface area (TPSA) is 55.8 Å². The monoisotopic (exact) mass is 331 g/mol. The number of nitrogens with one attached hydrogen (secondary N) is 1. The summed E-state index contributed by atoms with van der Waals surface area (Å²) in [6, 6.07) is 8.11. The summed E-state index contributed by atoms with van der Waals surface area (Å²) in [5.74, 6) is 0. The average Bonchev–Trinajstić information content (AvgIpc) is 3.02. The van der Waals surface area contributed by atoms with Gasteiger partial charge in [0.25, 0.3) is 0 Å². The van der Waals surface area contributed by atoms with Crippen molar-refractivity contribution in [1.82, 2.24) is 15.1 Å². The normalized spacial score (nSPS) is 21.0. The number of carbonyl (C=O) groups excluding carboxylic acids is 1. The van der Waals surface area contributed by atoms with E-state index in [1.165, 1.54) is 18.4 Å². The van der Waals surface area contributed by atoms with Gasteiger partial charge in [-0.15, -0.1) is 0 Å². The van der Waals surface area contributed by atoms with E-state index in [0.717, 1.165) is 51.1 Å². The van der Waals surface area contributed by atoms with Crippen molar-refractivity contribution in [2.75, 3.05) is 26.2 Å². The Balaban J connectivity index is 1.49. The van der Waals surface area contributed by atoms with E-state index < -0.39 is 0 Å². The fourth-order valence-electron chi connectivity index (χ4n) is 3.83. The highest BCUT2D eigenvalue weighted by atomic mass is 16.3. The summed E-state index contributed by atoms with van der Waals surface area (Å²) in [4.78, 5) is 16.8. The smallest absolute Gasteiger partial charge is 0.317 e. The number of aliphatic hydroxyl groups excluding tert-OH is 1. The van der Waals surface area contributed by atoms with Crippen LogP contribution in [0.4, 0.5) is 4.79 Å². The molecule has 1 aromatic rings.